The van der Waals surface area contributed by atoms with Crippen LogP contribution in [-0.2, 0) is 9.59 Å². The number of hydrogen-bond donors (Lipinski definition) is 1. The lowest BCUT2D eigenvalue weighted by Gasteiger charge is -2.23. The fourth-order valence-corrected chi connectivity index (χ4v) is 1.82. The Labute approximate surface area is 87.4 Å². The van der Waals surface area contributed by atoms with Gasteiger partial charge in [-0.3, -0.25) is 4.79 Å². The predicted molar refractivity (Wildman–Crippen MR) is 51.8 cm³/mol. The van der Waals surface area contributed by atoms with Gasteiger partial charge in [-0.1, -0.05) is 13.0 Å². The van der Waals surface area contributed by atoms with Crippen molar-refractivity contribution in [1.29, 1.82) is 0 Å². The molecule has 0 bridgehead atoms. The molecule has 0 radical (unpaired) electrons. The summed E-state index contributed by atoms with van der Waals surface area (Å²) in [5.41, 5.74) is 0. The van der Waals surface area contributed by atoms with E-state index in [0.717, 1.165) is 0 Å². The highest BCUT2D eigenvalue weighted by Gasteiger charge is 2.35. The standard InChI is InChI=1S/C10H14FNO3/c1-2-8(10(14)15)12-6-7(3-4-11)5-9(12)13/h3-4,7-8H,2,5-6H2,1H3,(H,14,15)/b4-3+. The minimum absolute atomic E-state index is 0.198. The molecule has 2 atom stereocenters. The second-order valence-corrected chi connectivity index (χ2v) is 3.59. The first-order chi connectivity index (χ1) is 7.10. The molecule has 1 heterocycles. The van der Waals surface area contributed by atoms with Gasteiger partial charge in [-0.05, 0) is 6.42 Å². The lowest BCUT2D eigenvalue weighted by Crippen LogP contribution is -2.41. The largest absolute Gasteiger partial charge is 0.480 e. The molecule has 1 aliphatic heterocycles. The van der Waals surface area contributed by atoms with Gasteiger partial charge in [-0.15, -0.1) is 0 Å². The van der Waals surface area contributed by atoms with Gasteiger partial charge in [-0.25, -0.2) is 9.18 Å². The number of rotatable bonds is 4. The van der Waals surface area contributed by atoms with Crippen molar-refractivity contribution >= 4 is 11.9 Å². The molecule has 84 valence electrons. The van der Waals surface area contributed by atoms with E-state index in [1.165, 1.54) is 11.0 Å². The first kappa shape index (κ1) is 11.7. The molecular formula is C10H14FNO3. The predicted octanol–water partition coefficient (Wildman–Crippen LogP) is 1.18. The van der Waals surface area contributed by atoms with Gasteiger partial charge in [-0.2, -0.15) is 0 Å². The molecular weight excluding hydrogens is 201 g/mol. The zero-order chi connectivity index (χ0) is 11.4. The summed E-state index contributed by atoms with van der Waals surface area (Å²) in [6, 6.07) is -0.782. The van der Waals surface area contributed by atoms with Crippen LogP contribution in [0.5, 0.6) is 0 Å². The Morgan fingerprint density at radius 2 is 2.47 bits per heavy atom. The van der Waals surface area contributed by atoms with Gasteiger partial charge >= 0.3 is 5.97 Å². The zero-order valence-electron chi connectivity index (χ0n) is 8.52. The number of carboxylic acids is 1. The Hall–Kier alpha value is -1.39. The topological polar surface area (TPSA) is 57.6 Å². The number of halogens is 1. The summed E-state index contributed by atoms with van der Waals surface area (Å²) in [6.45, 7) is 2.01. The van der Waals surface area contributed by atoms with Gasteiger partial charge in [0.15, 0.2) is 0 Å². The number of amides is 1. The Morgan fingerprint density at radius 3 is 2.93 bits per heavy atom. The maximum absolute atomic E-state index is 11.9. The van der Waals surface area contributed by atoms with E-state index in [9.17, 15) is 14.0 Å². The molecule has 1 fully saturated rings. The Bertz CT molecular complexity index is 290. The van der Waals surface area contributed by atoms with E-state index < -0.39 is 12.0 Å². The molecule has 0 aromatic carbocycles. The van der Waals surface area contributed by atoms with Crippen LogP contribution in [0.15, 0.2) is 12.4 Å². The summed E-state index contributed by atoms with van der Waals surface area (Å²) in [4.78, 5) is 23.6. The zero-order valence-corrected chi connectivity index (χ0v) is 8.52. The SMILES string of the molecule is CCC(C(=O)O)N1CC(/C=C/F)CC1=O. The van der Waals surface area contributed by atoms with Crippen molar-refractivity contribution in [3.63, 3.8) is 0 Å². The maximum atomic E-state index is 11.9. The molecule has 15 heavy (non-hydrogen) atoms. The molecule has 1 rings (SSSR count). The summed E-state index contributed by atoms with van der Waals surface area (Å²) in [5, 5.41) is 8.88. The Morgan fingerprint density at radius 1 is 1.80 bits per heavy atom. The molecule has 1 N–H and O–H groups in total. The number of nitrogens with zero attached hydrogens (tertiary/aromatic N) is 1. The average Bonchev–Trinajstić information content (AvgIpc) is 2.49. The fourth-order valence-electron chi connectivity index (χ4n) is 1.82. The molecule has 0 aliphatic carbocycles. The van der Waals surface area contributed by atoms with Crippen LogP contribution in [0.2, 0.25) is 0 Å². The minimum atomic E-state index is -1.00. The third kappa shape index (κ3) is 2.55. The van der Waals surface area contributed by atoms with Crippen molar-refractivity contribution in [2.45, 2.75) is 25.8 Å². The molecule has 1 saturated heterocycles. The molecule has 0 aromatic heterocycles. The van der Waals surface area contributed by atoms with Crippen LogP contribution in [0.3, 0.4) is 0 Å². The van der Waals surface area contributed by atoms with E-state index in [1.807, 2.05) is 0 Å². The summed E-state index contributed by atoms with van der Waals surface area (Å²) < 4.78 is 11.9. The van der Waals surface area contributed by atoms with Crippen LogP contribution >= 0.6 is 0 Å². The first-order valence-electron chi connectivity index (χ1n) is 4.89. The van der Waals surface area contributed by atoms with Gasteiger partial charge in [0.2, 0.25) is 5.91 Å². The quantitative estimate of drug-likeness (QED) is 0.766. The monoisotopic (exact) mass is 215 g/mol. The van der Waals surface area contributed by atoms with Crippen LogP contribution in [0.4, 0.5) is 4.39 Å². The molecule has 1 amide bonds. The van der Waals surface area contributed by atoms with E-state index in [0.29, 0.717) is 19.3 Å². The number of aliphatic carboxylic acids is 1. The first-order valence-corrected chi connectivity index (χ1v) is 4.89. The molecule has 4 nitrogen and oxygen atoms in total. The van der Waals surface area contributed by atoms with Crippen molar-refractivity contribution in [2.24, 2.45) is 5.92 Å². The Balaban J connectivity index is 2.71. The van der Waals surface area contributed by atoms with Gasteiger partial charge in [0.1, 0.15) is 6.04 Å². The van der Waals surface area contributed by atoms with E-state index in [2.05, 4.69) is 0 Å². The Kier molecular flexibility index (Phi) is 3.82. The highest BCUT2D eigenvalue weighted by atomic mass is 19.1. The van der Waals surface area contributed by atoms with Crippen LogP contribution in [0, 0.1) is 5.92 Å². The van der Waals surface area contributed by atoms with Gasteiger partial charge in [0.05, 0.1) is 6.33 Å². The lowest BCUT2D eigenvalue weighted by molar-refractivity contribution is -0.148. The van der Waals surface area contributed by atoms with Crippen molar-refractivity contribution < 1.29 is 19.1 Å². The summed E-state index contributed by atoms with van der Waals surface area (Å²) in [5.74, 6) is -1.42. The molecule has 2 unspecified atom stereocenters. The molecule has 0 aromatic rings. The number of hydrogen-bond acceptors (Lipinski definition) is 2. The molecule has 0 spiro atoms. The second-order valence-electron chi connectivity index (χ2n) is 3.59. The van der Waals surface area contributed by atoms with E-state index in [-0.39, 0.29) is 18.2 Å². The third-order valence-electron chi connectivity index (χ3n) is 2.58. The summed E-state index contributed by atoms with van der Waals surface area (Å²) in [6.07, 6.45) is 2.27. The van der Waals surface area contributed by atoms with Crippen LogP contribution < -0.4 is 0 Å². The van der Waals surface area contributed by atoms with E-state index in [4.69, 9.17) is 5.11 Å². The van der Waals surface area contributed by atoms with Crippen molar-refractivity contribution in [1.82, 2.24) is 4.90 Å². The highest BCUT2D eigenvalue weighted by molar-refractivity contribution is 5.85. The van der Waals surface area contributed by atoms with Crippen LogP contribution in [0.25, 0.3) is 0 Å². The van der Waals surface area contributed by atoms with Gasteiger partial charge in [0.25, 0.3) is 0 Å². The van der Waals surface area contributed by atoms with Crippen LogP contribution in [-0.4, -0.2) is 34.5 Å². The average molecular weight is 215 g/mol. The lowest BCUT2D eigenvalue weighted by atomic mass is 10.1. The van der Waals surface area contributed by atoms with E-state index in [1.54, 1.807) is 6.92 Å². The van der Waals surface area contributed by atoms with E-state index >= 15 is 0 Å². The number of likely N-dealkylation sites (tertiary alicyclic amines) is 1. The van der Waals surface area contributed by atoms with Gasteiger partial charge in [0, 0.05) is 18.9 Å². The summed E-state index contributed by atoms with van der Waals surface area (Å²) in [7, 11) is 0. The van der Waals surface area contributed by atoms with Crippen molar-refractivity contribution in [3.8, 4) is 0 Å². The number of carboxylic acid groups (broad SMARTS) is 1. The summed E-state index contributed by atoms with van der Waals surface area (Å²) >= 11 is 0. The third-order valence-corrected chi connectivity index (χ3v) is 2.58. The highest BCUT2D eigenvalue weighted by Crippen LogP contribution is 2.22. The normalized spacial score (nSPS) is 23.7. The number of carbonyl (C=O) groups excluding carboxylic acids is 1. The smallest absolute Gasteiger partial charge is 0.326 e. The minimum Gasteiger partial charge on any atom is -0.480 e. The van der Waals surface area contributed by atoms with Crippen LogP contribution in [0.1, 0.15) is 19.8 Å². The van der Waals surface area contributed by atoms with Crippen molar-refractivity contribution in [3.05, 3.63) is 12.4 Å². The second kappa shape index (κ2) is 4.91. The number of carbonyl (C=O) groups is 2. The molecule has 0 saturated carbocycles. The van der Waals surface area contributed by atoms with Gasteiger partial charge < -0.3 is 10.0 Å². The maximum Gasteiger partial charge on any atom is 0.326 e. The fraction of sp³-hybridized carbons (Fsp3) is 0.600. The molecule has 1 aliphatic rings. The van der Waals surface area contributed by atoms with Crippen molar-refractivity contribution in [2.75, 3.05) is 6.54 Å². The molecule has 5 heteroatoms.